The fourth-order valence-corrected chi connectivity index (χ4v) is 4.69. The van der Waals surface area contributed by atoms with E-state index in [0.29, 0.717) is 31.9 Å². The molecule has 1 aliphatic heterocycles. The number of benzene rings is 1. The van der Waals surface area contributed by atoms with E-state index in [9.17, 15) is 13.2 Å². The molecule has 1 saturated heterocycles. The lowest BCUT2D eigenvalue weighted by Gasteiger charge is -2.30. The Kier molecular flexibility index (Phi) is 5.95. The summed E-state index contributed by atoms with van der Waals surface area (Å²) >= 11 is 0. The maximum absolute atomic E-state index is 12.7. The topological polar surface area (TPSA) is 104 Å². The number of aryl methyl sites for hydroxylation is 3. The lowest BCUT2D eigenvalue weighted by molar-refractivity contribution is -0.125. The van der Waals surface area contributed by atoms with Gasteiger partial charge in [0.05, 0.1) is 4.90 Å². The molecule has 2 aromatic rings. The minimum atomic E-state index is -3.53. The van der Waals surface area contributed by atoms with Gasteiger partial charge in [-0.1, -0.05) is 17.7 Å². The van der Waals surface area contributed by atoms with Gasteiger partial charge in [0.15, 0.2) is 0 Å². The smallest absolute Gasteiger partial charge is 0.243 e. The van der Waals surface area contributed by atoms with E-state index >= 15 is 0 Å². The third-order valence-electron chi connectivity index (χ3n) is 4.76. The molecule has 150 valence electrons. The molecule has 8 nitrogen and oxygen atoms in total. The van der Waals surface area contributed by atoms with Crippen molar-refractivity contribution in [3.05, 3.63) is 47.3 Å². The Hall–Kier alpha value is -2.52. The van der Waals surface area contributed by atoms with E-state index in [-0.39, 0.29) is 16.7 Å². The number of anilines is 1. The van der Waals surface area contributed by atoms with Crippen molar-refractivity contribution in [3.8, 4) is 0 Å². The van der Waals surface area contributed by atoms with Gasteiger partial charge in [-0.2, -0.15) is 4.31 Å². The Morgan fingerprint density at radius 2 is 1.61 bits per heavy atom. The third kappa shape index (κ3) is 4.66. The van der Waals surface area contributed by atoms with Crippen LogP contribution < -0.4 is 10.9 Å². The summed E-state index contributed by atoms with van der Waals surface area (Å²) < 4.78 is 26.9. The minimum Gasteiger partial charge on any atom is -0.273 e. The molecule has 0 aliphatic carbocycles. The van der Waals surface area contributed by atoms with E-state index in [2.05, 4.69) is 20.8 Å². The van der Waals surface area contributed by atoms with Crippen LogP contribution >= 0.6 is 0 Å². The molecule has 2 heterocycles. The summed E-state index contributed by atoms with van der Waals surface area (Å²) in [5, 5.41) is 0. The zero-order chi connectivity index (χ0) is 20.3. The lowest BCUT2D eigenvalue weighted by atomic mass is 9.98. The number of hydrazine groups is 1. The number of nitrogens with one attached hydrogen (secondary N) is 2. The third-order valence-corrected chi connectivity index (χ3v) is 6.68. The van der Waals surface area contributed by atoms with E-state index in [1.165, 1.54) is 4.31 Å². The predicted octanol–water partition coefficient (Wildman–Crippen LogP) is 1.95. The van der Waals surface area contributed by atoms with Gasteiger partial charge in [-0.3, -0.25) is 15.6 Å². The molecule has 2 N–H and O–H groups in total. The fourth-order valence-electron chi connectivity index (χ4n) is 3.22. The summed E-state index contributed by atoms with van der Waals surface area (Å²) in [6.45, 7) is 6.25. The van der Waals surface area contributed by atoms with E-state index in [4.69, 9.17) is 0 Å². The Morgan fingerprint density at radius 3 is 2.18 bits per heavy atom. The van der Waals surface area contributed by atoms with Crippen molar-refractivity contribution in [1.29, 1.82) is 0 Å². The van der Waals surface area contributed by atoms with Gasteiger partial charge >= 0.3 is 0 Å². The van der Waals surface area contributed by atoms with Crippen LogP contribution in [0.25, 0.3) is 0 Å². The number of hydrogen-bond donors (Lipinski definition) is 2. The van der Waals surface area contributed by atoms with Crippen LogP contribution in [0.15, 0.2) is 35.2 Å². The van der Waals surface area contributed by atoms with E-state index in [1.54, 1.807) is 24.3 Å². The van der Waals surface area contributed by atoms with Crippen LogP contribution in [-0.2, 0) is 14.8 Å². The Labute approximate surface area is 165 Å². The molecular weight excluding hydrogens is 378 g/mol. The van der Waals surface area contributed by atoms with Crippen molar-refractivity contribution in [3.63, 3.8) is 0 Å². The van der Waals surface area contributed by atoms with Crippen molar-refractivity contribution >= 4 is 21.9 Å². The summed E-state index contributed by atoms with van der Waals surface area (Å²) in [6, 6.07) is 8.66. The average molecular weight is 404 g/mol. The summed E-state index contributed by atoms with van der Waals surface area (Å²) in [7, 11) is -3.53. The zero-order valence-electron chi connectivity index (χ0n) is 16.3. The van der Waals surface area contributed by atoms with Gasteiger partial charge in [0.2, 0.25) is 21.9 Å². The first-order valence-corrected chi connectivity index (χ1v) is 10.6. The van der Waals surface area contributed by atoms with Crippen LogP contribution in [0.1, 0.15) is 29.8 Å². The van der Waals surface area contributed by atoms with Gasteiger partial charge in [-0.25, -0.2) is 18.4 Å². The number of amides is 1. The molecule has 1 aliphatic rings. The number of hydrogen-bond acceptors (Lipinski definition) is 6. The molecule has 1 aromatic heterocycles. The molecule has 0 saturated carbocycles. The Bertz CT molecular complexity index is 932. The first-order chi connectivity index (χ1) is 13.3. The van der Waals surface area contributed by atoms with Crippen molar-refractivity contribution in [2.24, 2.45) is 5.92 Å². The van der Waals surface area contributed by atoms with Crippen LogP contribution in [-0.4, -0.2) is 41.7 Å². The second-order valence-corrected chi connectivity index (χ2v) is 9.02. The van der Waals surface area contributed by atoms with Gasteiger partial charge in [-0.05, 0) is 51.8 Å². The maximum atomic E-state index is 12.7. The highest BCUT2D eigenvalue weighted by atomic mass is 32.2. The van der Waals surface area contributed by atoms with Crippen LogP contribution in [0, 0.1) is 26.7 Å². The minimum absolute atomic E-state index is 0.185. The van der Waals surface area contributed by atoms with Gasteiger partial charge in [0.1, 0.15) is 0 Å². The average Bonchev–Trinajstić information content (AvgIpc) is 2.66. The highest BCUT2D eigenvalue weighted by molar-refractivity contribution is 7.89. The highest BCUT2D eigenvalue weighted by Gasteiger charge is 2.32. The molecule has 1 amide bonds. The van der Waals surface area contributed by atoms with Crippen LogP contribution in [0.4, 0.5) is 5.95 Å². The SMILES string of the molecule is Cc1ccc(S(=O)(=O)N2CCC(C(=O)NNc3nc(C)cc(C)n3)CC2)cc1. The maximum Gasteiger partial charge on any atom is 0.243 e. The van der Waals surface area contributed by atoms with Crippen LogP contribution in [0.5, 0.6) is 0 Å². The second kappa shape index (κ2) is 8.24. The number of piperidine rings is 1. The zero-order valence-corrected chi connectivity index (χ0v) is 17.1. The van der Waals surface area contributed by atoms with E-state index in [0.717, 1.165) is 17.0 Å². The highest BCUT2D eigenvalue weighted by Crippen LogP contribution is 2.24. The van der Waals surface area contributed by atoms with Gasteiger partial charge < -0.3 is 0 Å². The monoisotopic (exact) mass is 403 g/mol. The van der Waals surface area contributed by atoms with Crippen molar-refractivity contribution in [1.82, 2.24) is 19.7 Å². The Balaban J connectivity index is 1.55. The second-order valence-electron chi connectivity index (χ2n) is 7.08. The van der Waals surface area contributed by atoms with Crippen molar-refractivity contribution in [2.75, 3.05) is 18.5 Å². The van der Waals surface area contributed by atoms with Gasteiger partial charge in [-0.15, -0.1) is 0 Å². The predicted molar refractivity (Wildman–Crippen MR) is 106 cm³/mol. The summed E-state index contributed by atoms with van der Waals surface area (Å²) in [6.07, 6.45) is 0.929. The molecule has 1 aromatic carbocycles. The summed E-state index contributed by atoms with van der Waals surface area (Å²) in [5.74, 6) is -0.108. The van der Waals surface area contributed by atoms with Gasteiger partial charge in [0.25, 0.3) is 0 Å². The number of aromatic nitrogens is 2. The lowest BCUT2D eigenvalue weighted by Crippen LogP contribution is -2.44. The van der Waals surface area contributed by atoms with Crippen LogP contribution in [0.2, 0.25) is 0 Å². The Morgan fingerprint density at radius 1 is 1.04 bits per heavy atom. The largest absolute Gasteiger partial charge is 0.273 e. The molecule has 0 unspecified atom stereocenters. The molecular formula is C19H25N5O3S. The number of rotatable bonds is 5. The van der Waals surface area contributed by atoms with E-state index < -0.39 is 10.0 Å². The van der Waals surface area contributed by atoms with Crippen LogP contribution in [0.3, 0.4) is 0 Å². The van der Waals surface area contributed by atoms with Crippen molar-refractivity contribution < 1.29 is 13.2 Å². The normalized spacial score (nSPS) is 16.0. The fraction of sp³-hybridized carbons (Fsp3) is 0.421. The number of nitrogens with zero attached hydrogens (tertiary/aromatic N) is 3. The summed E-state index contributed by atoms with van der Waals surface area (Å²) in [5.41, 5.74) is 7.99. The molecule has 0 bridgehead atoms. The molecule has 0 spiro atoms. The molecule has 1 fully saturated rings. The number of carbonyl (C=O) groups excluding carboxylic acids is 1. The molecule has 0 radical (unpaired) electrons. The summed E-state index contributed by atoms with van der Waals surface area (Å²) in [4.78, 5) is 21.1. The first-order valence-electron chi connectivity index (χ1n) is 9.20. The van der Waals surface area contributed by atoms with Gasteiger partial charge in [0, 0.05) is 30.4 Å². The molecule has 9 heteroatoms. The first kappa shape index (κ1) is 20.2. The standard InChI is InChI=1S/C19H25N5O3S/c1-13-4-6-17(7-5-13)28(26,27)24-10-8-16(9-11-24)18(25)22-23-19-20-14(2)12-15(3)21-19/h4-7,12,16H,8-11H2,1-3H3,(H,22,25)(H,20,21,23). The molecule has 28 heavy (non-hydrogen) atoms. The number of carbonyl (C=O) groups is 1. The van der Waals surface area contributed by atoms with Crippen molar-refractivity contribution in [2.45, 2.75) is 38.5 Å². The quantitative estimate of drug-likeness (QED) is 0.740. The van der Waals surface area contributed by atoms with E-state index in [1.807, 2.05) is 26.8 Å². The molecule has 0 atom stereocenters. The number of sulfonamides is 1. The molecule has 3 rings (SSSR count).